The summed E-state index contributed by atoms with van der Waals surface area (Å²) < 4.78 is 0. The van der Waals surface area contributed by atoms with Gasteiger partial charge in [0.1, 0.15) is 0 Å². The fraction of sp³-hybridized carbons (Fsp3) is 0.462. The Morgan fingerprint density at radius 1 is 0.667 bits per heavy atom. The SMILES string of the molecule is CCCCCC(=O)Nc1ccc(-c2ccc(NC(=O)CCCCC)c(C)c2)cc1C. The van der Waals surface area contributed by atoms with Gasteiger partial charge in [0.15, 0.2) is 0 Å². The van der Waals surface area contributed by atoms with Crippen LogP contribution in [0.5, 0.6) is 0 Å². The van der Waals surface area contributed by atoms with Gasteiger partial charge in [0.05, 0.1) is 0 Å². The third-order valence-corrected chi connectivity index (χ3v) is 5.35. The van der Waals surface area contributed by atoms with Crippen LogP contribution in [0.3, 0.4) is 0 Å². The van der Waals surface area contributed by atoms with Crippen molar-refractivity contribution in [3.05, 3.63) is 47.5 Å². The number of carbonyl (C=O) groups is 2. The molecule has 2 N–H and O–H groups in total. The first-order valence-electron chi connectivity index (χ1n) is 11.3. The molecule has 30 heavy (non-hydrogen) atoms. The van der Waals surface area contributed by atoms with Crippen LogP contribution >= 0.6 is 0 Å². The molecule has 0 spiro atoms. The van der Waals surface area contributed by atoms with Crippen molar-refractivity contribution < 1.29 is 9.59 Å². The monoisotopic (exact) mass is 408 g/mol. The van der Waals surface area contributed by atoms with Gasteiger partial charge in [-0.05, 0) is 73.2 Å². The summed E-state index contributed by atoms with van der Waals surface area (Å²) in [5.41, 5.74) is 6.02. The highest BCUT2D eigenvalue weighted by Gasteiger charge is 2.09. The molecule has 2 rings (SSSR count). The summed E-state index contributed by atoms with van der Waals surface area (Å²) in [5.74, 6) is 0.156. The van der Waals surface area contributed by atoms with Gasteiger partial charge in [0, 0.05) is 24.2 Å². The molecule has 4 nitrogen and oxygen atoms in total. The molecule has 0 bridgehead atoms. The Bertz CT molecular complexity index is 787. The van der Waals surface area contributed by atoms with Crippen LogP contribution in [0.4, 0.5) is 11.4 Å². The Balaban J connectivity index is 2.03. The summed E-state index contributed by atoms with van der Waals surface area (Å²) in [5, 5.41) is 6.05. The molecule has 0 aliphatic heterocycles. The van der Waals surface area contributed by atoms with Gasteiger partial charge < -0.3 is 10.6 Å². The van der Waals surface area contributed by atoms with Crippen molar-refractivity contribution in [2.45, 2.75) is 79.1 Å². The van der Waals surface area contributed by atoms with Crippen LogP contribution in [0.1, 0.15) is 76.3 Å². The number of carbonyl (C=O) groups excluding carboxylic acids is 2. The van der Waals surface area contributed by atoms with Crippen molar-refractivity contribution in [2.75, 3.05) is 10.6 Å². The normalized spacial score (nSPS) is 10.7. The van der Waals surface area contributed by atoms with Crippen LogP contribution in [0.2, 0.25) is 0 Å². The van der Waals surface area contributed by atoms with E-state index in [2.05, 4.69) is 36.6 Å². The molecular formula is C26H36N2O2. The van der Waals surface area contributed by atoms with Crippen molar-refractivity contribution in [1.82, 2.24) is 0 Å². The largest absolute Gasteiger partial charge is 0.326 e. The average Bonchev–Trinajstić information content (AvgIpc) is 2.71. The number of hydrogen-bond donors (Lipinski definition) is 2. The fourth-order valence-corrected chi connectivity index (χ4v) is 3.46. The zero-order valence-electron chi connectivity index (χ0n) is 18.9. The van der Waals surface area contributed by atoms with E-state index in [1.807, 2.05) is 38.1 Å². The van der Waals surface area contributed by atoms with E-state index in [0.717, 1.165) is 72.2 Å². The first-order valence-corrected chi connectivity index (χ1v) is 11.3. The van der Waals surface area contributed by atoms with Crippen molar-refractivity contribution in [3.8, 4) is 11.1 Å². The zero-order chi connectivity index (χ0) is 21.9. The first kappa shape index (κ1) is 23.7. The molecule has 0 saturated heterocycles. The minimum atomic E-state index is 0.0779. The molecule has 2 aromatic carbocycles. The van der Waals surface area contributed by atoms with Crippen molar-refractivity contribution in [1.29, 1.82) is 0 Å². The smallest absolute Gasteiger partial charge is 0.224 e. The van der Waals surface area contributed by atoms with Gasteiger partial charge in [-0.1, -0.05) is 51.7 Å². The van der Waals surface area contributed by atoms with E-state index >= 15 is 0 Å². The summed E-state index contributed by atoms with van der Waals surface area (Å²) in [6.07, 6.45) is 7.39. The molecular weight excluding hydrogens is 372 g/mol. The lowest BCUT2D eigenvalue weighted by molar-refractivity contribution is -0.117. The van der Waals surface area contributed by atoms with E-state index < -0.39 is 0 Å². The first-order chi connectivity index (χ1) is 14.4. The second-order valence-corrected chi connectivity index (χ2v) is 8.07. The lowest BCUT2D eigenvalue weighted by Crippen LogP contribution is -2.12. The molecule has 0 aliphatic carbocycles. The molecule has 4 heteroatoms. The van der Waals surface area contributed by atoms with E-state index in [0.29, 0.717) is 12.8 Å². The second-order valence-electron chi connectivity index (χ2n) is 8.07. The number of rotatable bonds is 11. The van der Waals surface area contributed by atoms with Crippen LogP contribution in [0, 0.1) is 13.8 Å². The predicted molar refractivity (Wildman–Crippen MR) is 127 cm³/mol. The van der Waals surface area contributed by atoms with Gasteiger partial charge in [-0.15, -0.1) is 0 Å². The summed E-state index contributed by atoms with van der Waals surface area (Å²) in [7, 11) is 0. The Hall–Kier alpha value is -2.62. The zero-order valence-corrected chi connectivity index (χ0v) is 18.9. The van der Waals surface area contributed by atoms with E-state index in [1.165, 1.54) is 0 Å². The third kappa shape index (κ3) is 7.33. The Kier molecular flexibility index (Phi) is 9.59. The van der Waals surface area contributed by atoms with E-state index in [4.69, 9.17) is 0 Å². The van der Waals surface area contributed by atoms with Crippen molar-refractivity contribution in [2.24, 2.45) is 0 Å². The molecule has 2 amide bonds. The summed E-state index contributed by atoms with van der Waals surface area (Å²) in [6.45, 7) is 8.30. The van der Waals surface area contributed by atoms with Gasteiger partial charge >= 0.3 is 0 Å². The van der Waals surface area contributed by atoms with E-state index in [9.17, 15) is 9.59 Å². The number of amides is 2. The summed E-state index contributed by atoms with van der Waals surface area (Å²) >= 11 is 0. The van der Waals surface area contributed by atoms with Gasteiger partial charge in [0.2, 0.25) is 11.8 Å². The molecule has 0 atom stereocenters. The molecule has 0 radical (unpaired) electrons. The number of hydrogen-bond acceptors (Lipinski definition) is 2. The Labute approximate surface area is 181 Å². The number of unbranched alkanes of at least 4 members (excludes halogenated alkanes) is 4. The maximum absolute atomic E-state index is 12.1. The molecule has 0 heterocycles. The summed E-state index contributed by atoms with van der Waals surface area (Å²) in [4.78, 5) is 24.2. The molecule has 0 aromatic heterocycles. The topological polar surface area (TPSA) is 58.2 Å². The van der Waals surface area contributed by atoms with E-state index in [-0.39, 0.29) is 11.8 Å². The van der Waals surface area contributed by atoms with Crippen LogP contribution in [0.25, 0.3) is 11.1 Å². The third-order valence-electron chi connectivity index (χ3n) is 5.35. The molecule has 0 saturated carbocycles. The Morgan fingerprint density at radius 3 is 1.40 bits per heavy atom. The number of benzene rings is 2. The lowest BCUT2D eigenvalue weighted by atomic mass is 9.99. The number of aryl methyl sites for hydroxylation is 2. The molecule has 0 fully saturated rings. The Morgan fingerprint density at radius 2 is 1.07 bits per heavy atom. The highest BCUT2D eigenvalue weighted by Crippen LogP contribution is 2.28. The van der Waals surface area contributed by atoms with Crippen LogP contribution in [0.15, 0.2) is 36.4 Å². The van der Waals surface area contributed by atoms with Gasteiger partial charge in [-0.25, -0.2) is 0 Å². The van der Waals surface area contributed by atoms with Gasteiger partial charge in [-0.3, -0.25) is 9.59 Å². The maximum atomic E-state index is 12.1. The fourth-order valence-electron chi connectivity index (χ4n) is 3.46. The van der Waals surface area contributed by atoms with Crippen molar-refractivity contribution in [3.63, 3.8) is 0 Å². The highest BCUT2D eigenvalue weighted by molar-refractivity contribution is 5.93. The van der Waals surface area contributed by atoms with E-state index in [1.54, 1.807) is 0 Å². The maximum Gasteiger partial charge on any atom is 0.224 e. The van der Waals surface area contributed by atoms with Crippen LogP contribution < -0.4 is 10.6 Å². The van der Waals surface area contributed by atoms with Crippen LogP contribution in [-0.2, 0) is 9.59 Å². The molecule has 162 valence electrons. The standard InChI is InChI=1S/C26H36N2O2/c1-5-7-9-11-25(29)27-23-15-13-21(17-19(23)3)22-14-16-24(20(4)18-22)28-26(30)12-10-8-6-2/h13-18H,5-12H2,1-4H3,(H,27,29)(H,28,30). The minimum Gasteiger partial charge on any atom is -0.326 e. The number of anilines is 2. The van der Waals surface area contributed by atoms with Crippen LogP contribution in [-0.4, -0.2) is 11.8 Å². The second kappa shape index (κ2) is 12.2. The lowest BCUT2D eigenvalue weighted by Gasteiger charge is -2.13. The molecule has 2 aromatic rings. The quantitative estimate of drug-likeness (QED) is 0.393. The molecule has 0 aliphatic rings. The highest BCUT2D eigenvalue weighted by atomic mass is 16.2. The molecule has 0 unspecified atom stereocenters. The average molecular weight is 409 g/mol. The minimum absolute atomic E-state index is 0.0779. The summed E-state index contributed by atoms with van der Waals surface area (Å²) in [6, 6.07) is 12.2. The van der Waals surface area contributed by atoms with Gasteiger partial charge in [0.25, 0.3) is 0 Å². The predicted octanol–water partition coefficient (Wildman–Crippen LogP) is 7.01. The number of nitrogens with one attached hydrogen (secondary N) is 2. The van der Waals surface area contributed by atoms with Crippen molar-refractivity contribution >= 4 is 23.2 Å². The van der Waals surface area contributed by atoms with Gasteiger partial charge in [-0.2, -0.15) is 0 Å².